The van der Waals surface area contributed by atoms with Crippen molar-refractivity contribution in [2.45, 2.75) is 23.5 Å². The Balaban J connectivity index is 1.41. The highest BCUT2D eigenvalue weighted by Crippen LogP contribution is 2.34. The maximum absolute atomic E-state index is 13.1. The van der Waals surface area contributed by atoms with Crippen LogP contribution in [0.3, 0.4) is 0 Å². The number of rotatable bonds is 11. The van der Waals surface area contributed by atoms with Crippen molar-refractivity contribution in [3.05, 3.63) is 58.5 Å². The van der Waals surface area contributed by atoms with E-state index >= 15 is 0 Å². The Hall–Kier alpha value is -2.44. The van der Waals surface area contributed by atoms with Gasteiger partial charge in [-0.25, -0.2) is 8.42 Å². The molecule has 1 fully saturated rings. The number of aliphatic hydroxyl groups is 1. The number of nitrogens with zero attached hydrogens (tertiary/aromatic N) is 2. The highest BCUT2D eigenvalue weighted by molar-refractivity contribution is 7.89. The molecule has 0 spiro atoms. The number of thiophene rings is 1. The number of amides is 1. The first-order chi connectivity index (χ1) is 16.4. The molecule has 1 aromatic carbocycles. The molecule has 184 valence electrons. The summed E-state index contributed by atoms with van der Waals surface area (Å²) in [4.78, 5) is 15.5. The molecule has 0 saturated carbocycles. The van der Waals surface area contributed by atoms with E-state index in [1.165, 1.54) is 23.5 Å². The highest BCUT2D eigenvalue weighted by atomic mass is 32.2. The van der Waals surface area contributed by atoms with Gasteiger partial charge in [-0.05, 0) is 41.8 Å². The van der Waals surface area contributed by atoms with E-state index in [9.17, 15) is 18.3 Å². The minimum Gasteiger partial charge on any atom is -0.497 e. The van der Waals surface area contributed by atoms with Crippen LogP contribution in [0, 0.1) is 0 Å². The summed E-state index contributed by atoms with van der Waals surface area (Å²) in [5.41, 5.74) is 0. The van der Waals surface area contributed by atoms with Gasteiger partial charge in [0, 0.05) is 43.4 Å². The molecule has 34 heavy (non-hydrogen) atoms. The number of sulfonamides is 1. The third kappa shape index (κ3) is 5.78. The average molecular weight is 509 g/mol. The average Bonchev–Trinajstić information content (AvgIpc) is 3.56. The summed E-state index contributed by atoms with van der Waals surface area (Å²) in [6.45, 7) is 1.11. The fourth-order valence-electron chi connectivity index (χ4n) is 3.67. The summed E-state index contributed by atoms with van der Waals surface area (Å²) >= 11 is 1.60. The van der Waals surface area contributed by atoms with Crippen LogP contribution in [-0.4, -0.2) is 81.4 Å². The maximum Gasteiger partial charge on any atom is 0.288 e. The fraction of sp³-hybridized carbons (Fsp3) is 0.435. The molecule has 9 nitrogen and oxygen atoms in total. The minimum absolute atomic E-state index is 0.0192. The highest BCUT2D eigenvalue weighted by Gasteiger charge is 2.35. The SMILES string of the molecule is COc1ccc(S(=O)(=O)N(CCO)CCO[C@@H]2C[C@H](c3cccs3)C=C(C(=O)N3CC3)O2)cc1. The molecule has 2 aliphatic rings. The molecule has 1 aromatic heterocycles. The fourth-order valence-corrected chi connectivity index (χ4v) is 5.89. The van der Waals surface area contributed by atoms with E-state index in [4.69, 9.17) is 14.2 Å². The molecule has 0 bridgehead atoms. The monoisotopic (exact) mass is 508 g/mol. The molecule has 2 aromatic rings. The van der Waals surface area contributed by atoms with Gasteiger partial charge in [-0.15, -0.1) is 11.3 Å². The van der Waals surface area contributed by atoms with Gasteiger partial charge in [0.15, 0.2) is 5.76 Å². The second-order valence-electron chi connectivity index (χ2n) is 7.90. The summed E-state index contributed by atoms with van der Waals surface area (Å²) in [7, 11) is -2.33. The van der Waals surface area contributed by atoms with Crippen LogP contribution in [0.25, 0.3) is 0 Å². The predicted octanol–water partition coefficient (Wildman–Crippen LogP) is 2.01. The van der Waals surface area contributed by atoms with Crippen LogP contribution < -0.4 is 4.74 Å². The van der Waals surface area contributed by atoms with Crippen LogP contribution in [0.2, 0.25) is 0 Å². The number of hydrogen-bond donors (Lipinski definition) is 1. The Bertz CT molecular complexity index is 1100. The molecule has 1 saturated heterocycles. The Morgan fingerprint density at radius 1 is 1.24 bits per heavy atom. The first-order valence-electron chi connectivity index (χ1n) is 11.0. The number of allylic oxidation sites excluding steroid dienone is 1. The predicted molar refractivity (Wildman–Crippen MR) is 126 cm³/mol. The number of hydrogen-bond acceptors (Lipinski definition) is 8. The standard InChI is InChI=1S/C23H28N2O7S2/c1-30-18-4-6-19(7-5-18)34(28,29)25(10-12-26)11-13-31-22-16-17(21-3-2-14-33-21)15-20(32-22)23(27)24-8-9-24/h2-7,14-15,17,22,26H,8-13,16H2,1H3/t17-,22+/m1/s1. The topological polar surface area (TPSA) is 105 Å². The molecular formula is C23H28N2O7S2. The number of aliphatic hydroxyl groups excluding tert-OH is 1. The number of ether oxygens (including phenoxy) is 3. The van der Waals surface area contributed by atoms with Crippen molar-refractivity contribution in [3.63, 3.8) is 0 Å². The lowest BCUT2D eigenvalue weighted by Gasteiger charge is -2.29. The molecule has 2 aliphatic heterocycles. The lowest BCUT2D eigenvalue weighted by Crippen LogP contribution is -2.37. The zero-order valence-electron chi connectivity index (χ0n) is 18.8. The second kappa shape index (κ2) is 10.9. The smallest absolute Gasteiger partial charge is 0.288 e. The Morgan fingerprint density at radius 2 is 2.00 bits per heavy atom. The third-order valence-corrected chi connectivity index (χ3v) is 8.52. The van der Waals surface area contributed by atoms with Gasteiger partial charge in [0.1, 0.15) is 5.75 Å². The van der Waals surface area contributed by atoms with Crippen LogP contribution >= 0.6 is 11.3 Å². The molecule has 0 radical (unpaired) electrons. The minimum atomic E-state index is -3.84. The van der Waals surface area contributed by atoms with E-state index in [2.05, 4.69) is 0 Å². The number of methoxy groups -OCH3 is 1. The molecule has 3 heterocycles. The zero-order chi connectivity index (χ0) is 24.1. The van der Waals surface area contributed by atoms with Crippen LogP contribution in [0.4, 0.5) is 0 Å². The first kappa shape index (κ1) is 24.7. The van der Waals surface area contributed by atoms with Crippen LogP contribution in [0.5, 0.6) is 5.75 Å². The lowest BCUT2D eigenvalue weighted by molar-refractivity contribution is -0.149. The molecule has 0 unspecified atom stereocenters. The molecular weight excluding hydrogens is 480 g/mol. The lowest BCUT2D eigenvalue weighted by atomic mass is 9.99. The van der Waals surface area contributed by atoms with E-state index in [-0.39, 0.29) is 48.8 Å². The van der Waals surface area contributed by atoms with Gasteiger partial charge < -0.3 is 24.2 Å². The van der Waals surface area contributed by atoms with E-state index in [0.717, 1.165) is 4.88 Å². The first-order valence-corrected chi connectivity index (χ1v) is 13.3. The third-order valence-electron chi connectivity index (χ3n) is 5.60. The van der Waals surface area contributed by atoms with Crippen molar-refractivity contribution in [1.82, 2.24) is 9.21 Å². The van der Waals surface area contributed by atoms with E-state index in [1.807, 2.05) is 23.6 Å². The van der Waals surface area contributed by atoms with Crippen LogP contribution in [0.1, 0.15) is 17.2 Å². The number of carbonyl (C=O) groups is 1. The largest absolute Gasteiger partial charge is 0.497 e. The van der Waals surface area contributed by atoms with E-state index < -0.39 is 16.3 Å². The maximum atomic E-state index is 13.1. The molecule has 1 N–H and O–H groups in total. The summed E-state index contributed by atoms with van der Waals surface area (Å²) in [5.74, 6) is 0.643. The van der Waals surface area contributed by atoms with Gasteiger partial charge >= 0.3 is 0 Å². The van der Waals surface area contributed by atoms with Crippen LogP contribution in [0.15, 0.2) is 58.5 Å². The van der Waals surface area contributed by atoms with Crippen molar-refractivity contribution >= 4 is 27.3 Å². The van der Waals surface area contributed by atoms with E-state index in [1.54, 1.807) is 28.4 Å². The molecule has 1 amide bonds. The summed E-state index contributed by atoms with van der Waals surface area (Å²) in [6.07, 6.45) is 1.68. The molecule has 4 rings (SSSR count). The van der Waals surface area contributed by atoms with Crippen molar-refractivity contribution in [1.29, 1.82) is 0 Å². The van der Waals surface area contributed by atoms with Gasteiger partial charge in [-0.1, -0.05) is 6.07 Å². The molecule has 11 heteroatoms. The number of benzene rings is 1. The zero-order valence-corrected chi connectivity index (χ0v) is 20.5. The van der Waals surface area contributed by atoms with Gasteiger partial charge in [0.2, 0.25) is 16.3 Å². The van der Waals surface area contributed by atoms with Crippen molar-refractivity contribution < 1.29 is 32.5 Å². The van der Waals surface area contributed by atoms with Gasteiger partial charge in [0.05, 0.1) is 25.2 Å². The van der Waals surface area contributed by atoms with Crippen molar-refractivity contribution in [2.24, 2.45) is 0 Å². The molecule has 2 atom stereocenters. The number of carbonyl (C=O) groups excluding carboxylic acids is 1. The van der Waals surface area contributed by atoms with Gasteiger partial charge in [0.25, 0.3) is 5.91 Å². The normalized spacial score (nSPS) is 20.1. The van der Waals surface area contributed by atoms with Crippen molar-refractivity contribution in [2.75, 3.05) is 46.5 Å². The summed E-state index contributed by atoms with van der Waals surface area (Å²) < 4.78 is 44.1. The second-order valence-corrected chi connectivity index (χ2v) is 10.8. The van der Waals surface area contributed by atoms with Gasteiger partial charge in [-0.3, -0.25) is 4.79 Å². The summed E-state index contributed by atoms with van der Waals surface area (Å²) in [5, 5.41) is 11.4. The van der Waals surface area contributed by atoms with Crippen LogP contribution in [-0.2, 0) is 24.3 Å². The molecule has 0 aliphatic carbocycles. The van der Waals surface area contributed by atoms with E-state index in [0.29, 0.717) is 25.3 Å². The van der Waals surface area contributed by atoms with Gasteiger partial charge in [-0.2, -0.15) is 4.31 Å². The quantitative estimate of drug-likeness (QED) is 0.463. The summed E-state index contributed by atoms with van der Waals surface area (Å²) in [6, 6.07) is 10.0. The Morgan fingerprint density at radius 3 is 2.62 bits per heavy atom. The van der Waals surface area contributed by atoms with Crippen molar-refractivity contribution in [3.8, 4) is 5.75 Å². The Labute approximate surface area is 203 Å². The Kier molecular flexibility index (Phi) is 7.89.